The van der Waals surface area contributed by atoms with E-state index in [4.69, 9.17) is 0 Å². The van der Waals surface area contributed by atoms with Gasteiger partial charge in [0.2, 0.25) is 0 Å². The first kappa shape index (κ1) is 16.4. The van der Waals surface area contributed by atoms with Crippen LogP contribution in [-0.4, -0.2) is 19.6 Å². The number of rotatable bonds is 2. The summed E-state index contributed by atoms with van der Waals surface area (Å²) in [6.45, 7) is 0.283. The molecule has 1 N–H and O–H groups in total. The minimum Gasteiger partial charge on any atom is -0.510 e. The third-order valence-corrected chi connectivity index (χ3v) is 5.95. The highest BCUT2D eigenvalue weighted by Crippen LogP contribution is 2.35. The van der Waals surface area contributed by atoms with Crippen molar-refractivity contribution in [3.05, 3.63) is 85.3 Å². The van der Waals surface area contributed by atoms with Gasteiger partial charge >= 0.3 is 0 Å². The van der Waals surface area contributed by atoms with Crippen LogP contribution in [0.3, 0.4) is 0 Å². The molecule has 2 aromatic carbocycles. The molecule has 1 aliphatic rings. The van der Waals surface area contributed by atoms with Crippen LogP contribution in [0.4, 0.5) is 0 Å². The zero-order chi connectivity index (χ0) is 18.5. The van der Waals surface area contributed by atoms with Gasteiger partial charge in [-0.1, -0.05) is 40.2 Å². The monoisotopic (exact) mass is 437 g/mol. The van der Waals surface area contributed by atoms with E-state index in [1.165, 1.54) is 11.3 Å². The van der Waals surface area contributed by atoms with Gasteiger partial charge in [-0.3, -0.25) is 4.79 Å². The van der Waals surface area contributed by atoms with Crippen molar-refractivity contribution in [2.75, 3.05) is 0 Å². The molecule has 2 aromatic heterocycles. The Balaban J connectivity index is 1.65. The van der Waals surface area contributed by atoms with Crippen LogP contribution >= 0.6 is 27.3 Å². The number of thiazole rings is 1. The third-order valence-electron chi connectivity index (χ3n) is 4.57. The van der Waals surface area contributed by atoms with Gasteiger partial charge in [-0.15, -0.1) is 11.3 Å². The molecule has 27 heavy (non-hydrogen) atoms. The second-order valence-electron chi connectivity index (χ2n) is 6.21. The number of aliphatic hydroxyl groups excluding tert-OH is 1. The molecule has 0 atom stereocenters. The first-order chi connectivity index (χ1) is 13.1. The molecule has 7 heteroatoms. The lowest BCUT2D eigenvalue weighted by atomic mass is 10.2. The van der Waals surface area contributed by atoms with Crippen molar-refractivity contribution in [2.45, 2.75) is 6.54 Å². The molecule has 0 radical (unpaired) electrons. The van der Waals surface area contributed by atoms with Crippen molar-refractivity contribution in [1.82, 2.24) is 14.5 Å². The van der Waals surface area contributed by atoms with Crippen molar-refractivity contribution in [3.63, 3.8) is 0 Å². The standard InChI is InChI=1S/C20H12BrN3O2S/c21-12-7-5-11(6-8-12)14-10-27-20(22-14)17-16(25)9-24-15-4-2-1-3-13(15)19(26)23-18(17)24/h1-8,10,25H,9H2. The Bertz CT molecular complexity index is 1290. The van der Waals surface area contributed by atoms with Gasteiger partial charge in [0.05, 0.1) is 28.7 Å². The van der Waals surface area contributed by atoms with E-state index in [1.54, 1.807) is 6.07 Å². The fourth-order valence-corrected chi connectivity index (χ4v) is 4.44. The molecule has 0 saturated carbocycles. The van der Waals surface area contributed by atoms with Gasteiger partial charge in [0.25, 0.3) is 5.56 Å². The summed E-state index contributed by atoms with van der Waals surface area (Å²) >= 11 is 4.86. The Morgan fingerprint density at radius 1 is 1.07 bits per heavy atom. The van der Waals surface area contributed by atoms with Crippen molar-refractivity contribution < 1.29 is 5.11 Å². The van der Waals surface area contributed by atoms with Crippen LogP contribution in [-0.2, 0) is 6.54 Å². The Labute approximate surface area is 166 Å². The van der Waals surface area contributed by atoms with E-state index < -0.39 is 0 Å². The number of halogens is 1. The van der Waals surface area contributed by atoms with Gasteiger partial charge in [-0.2, -0.15) is 4.98 Å². The van der Waals surface area contributed by atoms with Crippen molar-refractivity contribution in [1.29, 1.82) is 0 Å². The van der Waals surface area contributed by atoms with Crippen molar-refractivity contribution in [2.24, 2.45) is 0 Å². The van der Waals surface area contributed by atoms with Crippen LogP contribution in [0.25, 0.3) is 27.7 Å². The summed E-state index contributed by atoms with van der Waals surface area (Å²) in [5.74, 6) is 0.642. The molecule has 0 amide bonds. The maximum absolute atomic E-state index is 12.4. The fourth-order valence-electron chi connectivity index (χ4n) is 3.29. The highest BCUT2D eigenvalue weighted by Gasteiger charge is 2.28. The van der Waals surface area contributed by atoms with Crippen LogP contribution in [0.15, 0.2) is 68.9 Å². The van der Waals surface area contributed by atoms with Gasteiger partial charge < -0.3 is 9.67 Å². The molecule has 0 fully saturated rings. The molecule has 4 aromatic rings. The molecule has 0 unspecified atom stereocenters. The summed E-state index contributed by atoms with van der Waals surface area (Å²) in [4.78, 5) is 21.3. The van der Waals surface area contributed by atoms with Gasteiger partial charge in [-0.05, 0) is 24.3 Å². The SMILES string of the molecule is O=c1nc2n(c3ccccc13)CC(O)=C2c1nc(-c2ccc(Br)cc2)cs1. The Kier molecular flexibility index (Phi) is 3.73. The zero-order valence-electron chi connectivity index (χ0n) is 13.9. The second-order valence-corrected chi connectivity index (χ2v) is 7.98. The third kappa shape index (κ3) is 2.62. The molecular weight excluding hydrogens is 426 g/mol. The maximum atomic E-state index is 12.4. The predicted octanol–water partition coefficient (Wildman–Crippen LogP) is 4.61. The van der Waals surface area contributed by atoms with E-state index in [9.17, 15) is 9.90 Å². The lowest BCUT2D eigenvalue weighted by Crippen LogP contribution is -2.15. The van der Waals surface area contributed by atoms with Crippen LogP contribution in [0, 0.1) is 0 Å². The molecule has 0 aliphatic carbocycles. The van der Waals surface area contributed by atoms with E-state index in [0.29, 0.717) is 21.8 Å². The normalized spacial score (nSPS) is 13.4. The highest BCUT2D eigenvalue weighted by molar-refractivity contribution is 9.10. The quantitative estimate of drug-likeness (QED) is 0.496. The number of aromatic nitrogens is 3. The summed E-state index contributed by atoms with van der Waals surface area (Å²) in [7, 11) is 0. The van der Waals surface area contributed by atoms with E-state index in [2.05, 4.69) is 25.9 Å². The van der Waals surface area contributed by atoms with Gasteiger partial charge in [-0.25, -0.2) is 4.98 Å². The molecule has 132 valence electrons. The number of fused-ring (bicyclic) bond motifs is 3. The van der Waals surface area contributed by atoms with E-state index in [0.717, 1.165) is 21.2 Å². The predicted molar refractivity (Wildman–Crippen MR) is 110 cm³/mol. The molecule has 5 nitrogen and oxygen atoms in total. The van der Waals surface area contributed by atoms with Crippen LogP contribution in [0.2, 0.25) is 0 Å². The Morgan fingerprint density at radius 2 is 1.85 bits per heavy atom. The van der Waals surface area contributed by atoms with Gasteiger partial charge in [0.15, 0.2) is 5.82 Å². The number of hydrogen-bond acceptors (Lipinski definition) is 5. The van der Waals surface area contributed by atoms with Crippen molar-refractivity contribution in [3.8, 4) is 11.3 Å². The van der Waals surface area contributed by atoms with E-state index >= 15 is 0 Å². The topological polar surface area (TPSA) is 68.0 Å². The minimum absolute atomic E-state index is 0.176. The van der Waals surface area contributed by atoms with Gasteiger partial charge in [0, 0.05) is 15.4 Å². The number of hydrogen-bond donors (Lipinski definition) is 1. The molecule has 0 saturated heterocycles. The molecule has 3 heterocycles. The van der Waals surface area contributed by atoms with Crippen LogP contribution in [0.5, 0.6) is 0 Å². The summed E-state index contributed by atoms with van der Waals surface area (Å²) in [5, 5.41) is 13.8. The summed E-state index contributed by atoms with van der Waals surface area (Å²) < 4.78 is 2.87. The first-order valence-corrected chi connectivity index (χ1v) is 9.93. The summed E-state index contributed by atoms with van der Waals surface area (Å²) in [6.07, 6.45) is 0. The molecule has 0 spiro atoms. The van der Waals surface area contributed by atoms with E-state index in [1.807, 2.05) is 52.4 Å². The lowest BCUT2D eigenvalue weighted by Gasteiger charge is -2.08. The molecular formula is C20H12BrN3O2S. The summed E-state index contributed by atoms with van der Waals surface area (Å²) in [6, 6.07) is 15.2. The number of aliphatic hydroxyl groups is 1. The largest absolute Gasteiger partial charge is 0.510 e. The maximum Gasteiger partial charge on any atom is 0.281 e. The molecule has 1 aliphatic heterocycles. The number of para-hydroxylation sites is 1. The molecule has 0 bridgehead atoms. The number of benzene rings is 2. The average Bonchev–Trinajstić information content (AvgIpc) is 3.27. The second kappa shape index (κ2) is 6.14. The lowest BCUT2D eigenvalue weighted by molar-refractivity contribution is 0.389. The van der Waals surface area contributed by atoms with E-state index in [-0.39, 0.29) is 17.9 Å². The Hall–Kier alpha value is -2.77. The van der Waals surface area contributed by atoms with Crippen LogP contribution < -0.4 is 5.56 Å². The van der Waals surface area contributed by atoms with Crippen LogP contribution in [0.1, 0.15) is 10.8 Å². The summed E-state index contributed by atoms with van der Waals surface area (Å²) in [5.41, 5.74) is 2.81. The van der Waals surface area contributed by atoms with Gasteiger partial charge in [0.1, 0.15) is 10.8 Å². The Morgan fingerprint density at radius 3 is 2.67 bits per heavy atom. The minimum atomic E-state index is -0.297. The molecule has 5 rings (SSSR count). The van der Waals surface area contributed by atoms with Crippen molar-refractivity contribution >= 4 is 43.7 Å². The first-order valence-electron chi connectivity index (χ1n) is 8.26. The fraction of sp³-hybridized carbons (Fsp3) is 0.0500. The zero-order valence-corrected chi connectivity index (χ0v) is 16.3. The smallest absolute Gasteiger partial charge is 0.281 e. The average molecular weight is 438 g/mol. The highest BCUT2D eigenvalue weighted by atomic mass is 79.9. The number of allylic oxidation sites excluding steroid dienone is 1. The number of nitrogens with zero attached hydrogens (tertiary/aromatic N) is 3.